The lowest BCUT2D eigenvalue weighted by atomic mass is 9.74. The summed E-state index contributed by atoms with van der Waals surface area (Å²) in [5, 5.41) is 28.9. The van der Waals surface area contributed by atoms with Crippen LogP contribution in [0.2, 0.25) is 0 Å². The van der Waals surface area contributed by atoms with Crippen LogP contribution in [0.25, 0.3) is 11.3 Å². The second kappa shape index (κ2) is 6.58. The average Bonchev–Trinajstić information content (AvgIpc) is 3.05. The van der Waals surface area contributed by atoms with E-state index in [0.29, 0.717) is 24.1 Å². The number of hydrogen-bond donors (Lipinski definition) is 4. The van der Waals surface area contributed by atoms with E-state index in [0.717, 1.165) is 12.8 Å². The second-order valence-corrected chi connectivity index (χ2v) is 6.69. The number of carboxylic acid groups (broad SMARTS) is 1. The summed E-state index contributed by atoms with van der Waals surface area (Å²) >= 11 is 0. The van der Waals surface area contributed by atoms with Crippen molar-refractivity contribution in [3.63, 3.8) is 0 Å². The van der Waals surface area contributed by atoms with Gasteiger partial charge in [0, 0.05) is 5.56 Å². The van der Waals surface area contributed by atoms with Crippen LogP contribution in [-0.2, 0) is 4.79 Å². The van der Waals surface area contributed by atoms with Crippen LogP contribution < -0.4 is 5.32 Å². The maximum atomic E-state index is 12.6. The van der Waals surface area contributed by atoms with Gasteiger partial charge in [-0.25, -0.2) is 0 Å². The van der Waals surface area contributed by atoms with E-state index in [1.165, 1.54) is 0 Å². The summed E-state index contributed by atoms with van der Waals surface area (Å²) in [5.74, 6) is -1.82. The Morgan fingerprint density at radius 3 is 2.80 bits per heavy atom. The third kappa shape index (κ3) is 3.35. The number of aromatic nitrogens is 2. The van der Waals surface area contributed by atoms with E-state index in [4.69, 9.17) is 0 Å². The molecule has 2 atom stereocenters. The molecule has 0 spiro atoms. The topological polar surface area (TPSA) is 115 Å². The number of hydrogen-bond acceptors (Lipinski definition) is 4. The van der Waals surface area contributed by atoms with Gasteiger partial charge < -0.3 is 15.5 Å². The average molecular weight is 343 g/mol. The van der Waals surface area contributed by atoms with Gasteiger partial charge in [-0.3, -0.25) is 14.7 Å². The highest BCUT2D eigenvalue weighted by molar-refractivity contribution is 5.94. The van der Waals surface area contributed by atoms with Crippen LogP contribution >= 0.6 is 0 Å². The zero-order chi connectivity index (χ0) is 18.0. The maximum Gasteiger partial charge on any atom is 0.308 e. The number of aromatic hydroxyl groups is 1. The first-order chi connectivity index (χ1) is 11.9. The zero-order valence-electron chi connectivity index (χ0n) is 14.0. The second-order valence-electron chi connectivity index (χ2n) is 6.69. The Kier molecular flexibility index (Phi) is 4.48. The van der Waals surface area contributed by atoms with Crippen molar-refractivity contribution in [2.75, 3.05) is 0 Å². The van der Waals surface area contributed by atoms with Gasteiger partial charge in [-0.15, -0.1) is 0 Å². The van der Waals surface area contributed by atoms with Gasteiger partial charge in [0.15, 0.2) is 0 Å². The molecule has 7 heteroatoms. The number of aromatic amines is 1. The summed E-state index contributed by atoms with van der Waals surface area (Å²) in [6.07, 6.45) is 2.91. The van der Waals surface area contributed by atoms with Crippen molar-refractivity contribution in [2.45, 2.75) is 38.1 Å². The van der Waals surface area contributed by atoms with Crippen LogP contribution in [0, 0.1) is 5.92 Å². The summed E-state index contributed by atoms with van der Waals surface area (Å²) in [6.45, 7) is 1.78. The third-order valence-electron chi connectivity index (χ3n) is 4.91. The highest BCUT2D eigenvalue weighted by Gasteiger charge is 2.42. The number of carboxylic acids is 1. The van der Waals surface area contributed by atoms with Gasteiger partial charge in [0.1, 0.15) is 11.4 Å². The number of rotatable bonds is 4. The van der Waals surface area contributed by atoms with Gasteiger partial charge in [-0.1, -0.05) is 25.0 Å². The summed E-state index contributed by atoms with van der Waals surface area (Å²) in [7, 11) is 0. The van der Waals surface area contributed by atoms with Crippen LogP contribution in [0.3, 0.4) is 0 Å². The van der Waals surface area contributed by atoms with Crippen molar-refractivity contribution in [1.29, 1.82) is 0 Å². The standard InChI is InChI=1S/C18H21N3O4/c1-18(9-5-4-7-12(18)17(24)25)19-16(23)14-10-13(20-21-14)11-6-2-3-8-15(11)22/h2-3,6,8,10,12,22H,4-5,7,9H2,1H3,(H,19,23)(H,20,21)(H,24,25). The van der Waals surface area contributed by atoms with Gasteiger partial charge in [0.25, 0.3) is 5.91 Å². The fourth-order valence-corrected chi connectivity index (χ4v) is 3.47. The highest BCUT2D eigenvalue weighted by atomic mass is 16.4. The molecular formula is C18H21N3O4. The minimum atomic E-state index is -0.887. The smallest absolute Gasteiger partial charge is 0.308 e. The van der Waals surface area contributed by atoms with Crippen LogP contribution in [-0.4, -0.2) is 37.8 Å². The molecule has 1 heterocycles. The molecule has 25 heavy (non-hydrogen) atoms. The number of benzene rings is 1. The molecular weight excluding hydrogens is 322 g/mol. The molecule has 7 nitrogen and oxygen atoms in total. The molecule has 132 valence electrons. The van der Waals surface area contributed by atoms with E-state index < -0.39 is 23.3 Å². The molecule has 1 aromatic heterocycles. The number of carbonyl (C=O) groups is 2. The fraction of sp³-hybridized carbons (Fsp3) is 0.389. The van der Waals surface area contributed by atoms with Crippen LogP contribution in [0.4, 0.5) is 0 Å². The van der Waals surface area contributed by atoms with Crippen molar-refractivity contribution in [3.05, 3.63) is 36.0 Å². The number of nitrogens with one attached hydrogen (secondary N) is 2. The summed E-state index contributed by atoms with van der Waals surface area (Å²) < 4.78 is 0. The van der Waals surface area contributed by atoms with Crippen LogP contribution in [0.5, 0.6) is 5.75 Å². The van der Waals surface area contributed by atoms with Crippen molar-refractivity contribution < 1.29 is 19.8 Å². The van der Waals surface area contributed by atoms with Gasteiger partial charge in [-0.05, 0) is 38.0 Å². The molecule has 0 bridgehead atoms. The number of carbonyl (C=O) groups excluding carboxylic acids is 1. The first kappa shape index (κ1) is 17.0. The molecule has 2 aromatic rings. The van der Waals surface area contributed by atoms with Crippen molar-refractivity contribution in [1.82, 2.24) is 15.5 Å². The lowest BCUT2D eigenvalue weighted by Gasteiger charge is -2.39. The van der Waals surface area contributed by atoms with E-state index in [2.05, 4.69) is 15.5 Å². The summed E-state index contributed by atoms with van der Waals surface area (Å²) in [6, 6.07) is 8.27. The SMILES string of the molecule is CC1(NC(=O)c2cc(-c3ccccc3O)n[nH]2)CCCCC1C(=O)O. The number of amides is 1. The van der Waals surface area contributed by atoms with Gasteiger partial charge in [0.2, 0.25) is 0 Å². The Morgan fingerprint density at radius 2 is 2.08 bits per heavy atom. The van der Waals surface area contributed by atoms with E-state index >= 15 is 0 Å². The van der Waals surface area contributed by atoms with Gasteiger partial charge in [0.05, 0.1) is 17.2 Å². The third-order valence-corrected chi connectivity index (χ3v) is 4.91. The molecule has 1 amide bonds. The molecule has 0 radical (unpaired) electrons. The lowest BCUT2D eigenvalue weighted by Crippen LogP contribution is -2.55. The first-order valence-corrected chi connectivity index (χ1v) is 8.30. The van der Waals surface area contributed by atoms with Crippen LogP contribution in [0.1, 0.15) is 43.1 Å². The normalized spacial score (nSPS) is 23.2. The Morgan fingerprint density at radius 1 is 1.32 bits per heavy atom. The van der Waals surface area contributed by atoms with Crippen molar-refractivity contribution in [2.24, 2.45) is 5.92 Å². The molecule has 1 aliphatic carbocycles. The highest BCUT2D eigenvalue weighted by Crippen LogP contribution is 2.34. The van der Waals surface area contributed by atoms with E-state index in [-0.39, 0.29) is 11.4 Å². The minimum Gasteiger partial charge on any atom is -0.507 e. The first-order valence-electron chi connectivity index (χ1n) is 8.30. The van der Waals surface area contributed by atoms with E-state index in [1.54, 1.807) is 37.3 Å². The molecule has 4 N–H and O–H groups in total. The molecule has 1 fully saturated rings. The Balaban J connectivity index is 1.80. The number of para-hydroxylation sites is 1. The molecule has 1 aliphatic rings. The van der Waals surface area contributed by atoms with Crippen LogP contribution in [0.15, 0.2) is 30.3 Å². The summed E-state index contributed by atoms with van der Waals surface area (Å²) in [4.78, 5) is 24.1. The minimum absolute atomic E-state index is 0.0751. The summed E-state index contributed by atoms with van der Waals surface area (Å²) in [5.41, 5.74) is 0.410. The Bertz CT molecular complexity index is 801. The molecule has 1 aromatic carbocycles. The van der Waals surface area contributed by atoms with Crippen molar-refractivity contribution in [3.8, 4) is 17.0 Å². The molecule has 1 saturated carbocycles. The molecule has 3 rings (SSSR count). The maximum absolute atomic E-state index is 12.6. The number of nitrogens with zero attached hydrogens (tertiary/aromatic N) is 1. The monoisotopic (exact) mass is 343 g/mol. The molecule has 0 saturated heterocycles. The fourth-order valence-electron chi connectivity index (χ4n) is 3.47. The number of phenols is 1. The van der Waals surface area contributed by atoms with E-state index in [9.17, 15) is 19.8 Å². The number of H-pyrrole nitrogens is 1. The van der Waals surface area contributed by atoms with E-state index in [1.807, 2.05) is 0 Å². The number of aliphatic carboxylic acids is 1. The predicted molar refractivity (Wildman–Crippen MR) is 91.2 cm³/mol. The Hall–Kier alpha value is -2.83. The number of phenolic OH excluding ortho intramolecular Hbond substituents is 1. The quantitative estimate of drug-likeness (QED) is 0.681. The Labute approximate surface area is 145 Å². The van der Waals surface area contributed by atoms with Gasteiger partial charge in [-0.2, -0.15) is 5.10 Å². The largest absolute Gasteiger partial charge is 0.507 e. The lowest BCUT2D eigenvalue weighted by molar-refractivity contribution is -0.145. The molecule has 0 aliphatic heterocycles. The predicted octanol–water partition coefficient (Wildman–Crippen LogP) is 2.55. The molecule has 2 unspecified atom stereocenters. The zero-order valence-corrected chi connectivity index (χ0v) is 14.0. The van der Waals surface area contributed by atoms with Gasteiger partial charge >= 0.3 is 5.97 Å². The van der Waals surface area contributed by atoms with Crippen molar-refractivity contribution >= 4 is 11.9 Å².